The molecule has 1 fully saturated rings. The van der Waals surface area contributed by atoms with Crippen LogP contribution in [0.1, 0.15) is 48.5 Å². The summed E-state index contributed by atoms with van der Waals surface area (Å²) in [5.74, 6) is -0.104. The molecular formula is C28H31ClFN5O2S. The molecule has 1 unspecified atom stereocenters. The molecule has 0 bridgehead atoms. The Kier molecular flexibility index (Phi) is 8.62. The molecule has 4 aromatic rings. The highest BCUT2D eigenvalue weighted by Gasteiger charge is 2.28. The maximum atomic E-state index is 16.1. The van der Waals surface area contributed by atoms with Gasteiger partial charge in [-0.1, -0.05) is 49.4 Å². The molecule has 0 saturated carbocycles. The normalized spacial score (nSPS) is 15.1. The lowest BCUT2D eigenvalue weighted by Crippen LogP contribution is -2.26. The quantitative estimate of drug-likeness (QED) is 0.276. The van der Waals surface area contributed by atoms with E-state index in [1.165, 1.54) is 11.6 Å². The molecule has 7 nitrogen and oxygen atoms in total. The number of primary sulfonamides is 1. The number of nitrogens with zero attached hydrogens (tertiary/aromatic N) is 2. The van der Waals surface area contributed by atoms with Crippen LogP contribution in [0, 0.1) is 5.82 Å². The number of hydrogen-bond acceptors (Lipinski definition) is 5. The van der Waals surface area contributed by atoms with E-state index in [-0.39, 0.29) is 30.0 Å². The molecule has 5 rings (SSSR count). The summed E-state index contributed by atoms with van der Waals surface area (Å²) < 4.78 is 40.6. The van der Waals surface area contributed by atoms with Gasteiger partial charge in [0, 0.05) is 40.2 Å². The number of benzene rings is 2. The number of aromatic amines is 1. The molecule has 1 atom stereocenters. The highest BCUT2D eigenvalue weighted by molar-refractivity contribution is 7.89. The third-order valence-corrected chi connectivity index (χ3v) is 8.52. The lowest BCUT2D eigenvalue weighted by Gasteiger charge is -2.23. The molecule has 4 N–H and O–H groups in total. The van der Waals surface area contributed by atoms with E-state index in [0.29, 0.717) is 22.9 Å². The van der Waals surface area contributed by atoms with Gasteiger partial charge >= 0.3 is 0 Å². The fraction of sp³-hybridized carbons (Fsp3) is 0.286. The van der Waals surface area contributed by atoms with E-state index < -0.39 is 21.1 Å². The van der Waals surface area contributed by atoms with Gasteiger partial charge in [-0.25, -0.2) is 17.9 Å². The molecule has 1 aliphatic heterocycles. The van der Waals surface area contributed by atoms with Crippen molar-refractivity contribution < 1.29 is 12.8 Å². The number of rotatable bonds is 7. The number of hydrogen-bond donors (Lipinski definition) is 3. The number of sulfonamides is 1. The lowest BCUT2D eigenvalue weighted by atomic mass is 9.88. The zero-order chi connectivity index (χ0) is 26.0. The predicted molar refractivity (Wildman–Crippen MR) is 151 cm³/mol. The standard InChI is InChI=1S/C28H30FN5O2S.ClH/c1-2-24(37(30,35)36)22-4-3-5-23(26(22)29)25-27(33-34-28(25)21-12-16-32-17-13-21)20-8-6-18(7-9-20)19-10-14-31-15-11-19;/h3-9,12-13,16-17,19,24,31H,2,10-11,14-15H2,1H3,(H,33,34)(H2,30,35,36);1H. The minimum atomic E-state index is -3.99. The molecule has 1 aliphatic rings. The number of pyridine rings is 1. The van der Waals surface area contributed by atoms with E-state index in [0.717, 1.165) is 37.1 Å². The maximum absolute atomic E-state index is 16.1. The zero-order valence-corrected chi connectivity index (χ0v) is 22.7. The van der Waals surface area contributed by atoms with Crippen molar-refractivity contribution in [1.82, 2.24) is 20.5 Å². The monoisotopic (exact) mass is 555 g/mol. The Morgan fingerprint density at radius 2 is 1.71 bits per heavy atom. The summed E-state index contributed by atoms with van der Waals surface area (Å²) in [6.07, 6.45) is 5.68. The summed E-state index contributed by atoms with van der Waals surface area (Å²) in [6, 6.07) is 16.7. The van der Waals surface area contributed by atoms with Crippen molar-refractivity contribution in [2.24, 2.45) is 5.14 Å². The Morgan fingerprint density at radius 1 is 1.03 bits per heavy atom. The van der Waals surface area contributed by atoms with Gasteiger partial charge in [0.05, 0.1) is 5.69 Å². The van der Waals surface area contributed by atoms with Crippen molar-refractivity contribution in [3.63, 3.8) is 0 Å². The average Bonchev–Trinajstić information content (AvgIpc) is 3.35. The highest BCUT2D eigenvalue weighted by atomic mass is 35.5. The third-order valence-electron chi connectivity index (χ3n) is 7.14. The molecular weight excluding hydrogens is 525 g/mol. The topological polar surface area (TPSA) is 114 Å². The van der Waals surface area contributed by atoms with Crippen LogP contribution < -0.4 is 10.5 Å². The van der Waals surface area contributed by atoms with E-state index in [1.54, 1.807) is 31.5 Å². The maximum Gasteiger partial charge on any atom is 0.216 e. The van der Waals surface area contributed by atoms with Crippen LogP contribution in [0.5, 0.6) is 0 Å². The Morgan fingerprint density at radius 3 is 2.34 bits per heavy atom. The second kappa shape index (κ2) is 11.7. The smallest absolute Gasteiger partial charge is 0.216 e. The van der Waals surface area contributed by atoms with Gasteiger partial charge in [0.15, 0.2) is 0 Å². The van der Waals surface area contributed by atoms with Gasteiger partial charge in [-0.2, -0.15) is 5.10 Å². The number of nitrogens with one attached hydrogen (secondary N) is 2. The van der Waals surface area contributed by atoms with Crippen LogP contribution in [-0.2, 0) is 10.0 Å². The van der Waals surface area contributed by atoms with Crippen molar-refractivity contribution in [1.29, 1.82) is 0 Å². The number of halogens is 2. The molecule has 200 valence electrons. The lowest BCUT2D eigenvalue weighted by molar-refractivity contribution is 0.460. The molecule has 1 saturated heterocycles. The Labute approximate surface area is 228 Å². The van der Waals surface area contributed by atoms with Crippen LogP contribution >= 0.6 is 12.4 Å². The molecule has 38 heavy (non-hydrogen) atoms. The number of piperidine rings is 1. The Balaban J connectivity index is 0.00000336. The van der Waals surface area contributed by atoms with Crippen molar-refractivity contribution in [2.75, 3.05) is 13.1 Å². The summed E-state index contributed by atoms with van der Waals surface area (Å²) >= 11 is 0. The van der Waals surface area contributed by atoms with Gasteiger partial charge in [-0.3, -0.25) is 10.1 Å². The molecule has 2 aromatic carbocycles. The molecule has 2 aromatic heterocycles. The van der Waals surface area contributed by atoms with Crippen LogP contribution in [0.3, 0.4) is 0 Å². The summed E-state index contributed by atoms with van der Waals surface area (Å²) in [4.78, 5) is 4.09. The van der Waals surface area contributed by atoms with E-state index in [4.69, 9.17) is 5.14 Å². The van der Waals surface area contributed by atoms with E-state index >= 15 is 4.39 Å². The first-order valence-corrected chi connectivity index (χ1v) is 14.1. The van der Waals surface area contributed by atoms with E-state index in [9.17, 15) is 8.42 Å². The number of nitrogens with two attached hydrogens (primary N) is 1. The van der Waals surface area contributed by atoms with Crippen LogP contribution in [0.15, 0.2) is 67.0 Å². The summed E-state index contributed by atoms with van der Waals surface area (Å²) in [7, 11) is -3.99. The largest absolute Gasteiger partial charge is 0.317 e. The first-order chi connectivity index (χ1) is 17.9. The predicted octanol–water partition coefficient (Wildman–Crippen LogP) is 5.57. The minimum absolute atomic E-state index is 0. The van der Waals surface area contributed by atoms with Gasteiger partial charge < -0.3 is 5.32 Å². The summed E-state index contributed by atoms with van der Waals surface area (Å²) in [6.45, 7) is 3.70. The summed E-state index contributed by atoms with van der Waals surface area (Å²) in [5.41, 5.74) is 5.00. The Bertz CT molecular complexity index is 1490. The molecule has 0 aliphatic carbocycles. The number of aromatic nitrogens is 3. The molecule has 10 heteroatoms. The van der Waals surface area contributed by atoms with Gasteiger partial charge in [0.1, 0.15) is 16.8 Å². The van der Waals surface area contributed by atoms with E-state index in [2.05, 4.69) is 32.6 Å². The van der Waals surface area contributed by atoms with Crippen molar-refractivity contribution in [3.8, 4) is 33.6 Å². The summed E-state index contributed by atoms with van der Waals surface area (Å²) in [5, 5.41) is 15.4. The fourth-order valence-corrected chi connectivity index (χ4v) is 6.23. The van der Waals surface area contributed by atoms with Crippen LogP contribution in [0.4, 0.5) is 4.39 Å². The average molecular weight is 556 g/mol. The molecule has 3 heterocycles. The second-order valence-electron chi connectivity index (χ2n) is 9.40. The van der Waals surface area contributed by atoms with E-state index in [1.807, 2.05) is 24.3 Å². The van der Waals surface area contributed by atoms with Crippen LogP contribution in [0.2, 0.25) is 0 Å². The van der Waals surface area contributed by atoms with Gasteiger partial charge in [0.2, 0.25) is 10.0 Å². The minimum Gasteiger partial charge on any atom is -0.317 e. The van der Waals surface area contributed by atoms with Gasteiger partial charge in [0.25, 0.3) is 0 Å². The van der Waals surface area contributed by atoms with Crippen LogP contribution in [-0.4, -0.2) is 36.7 Å². The van der Waals surface area contributed by atoms with Gasteiger partial charge in [-0.15, -0.1) is 12.4 Å². The molecule has 0 spiro atoms. The van der Waals surface area contributed by atoms with Crippen molar-refractivity contribution >= 4 is 22.4 Å². The SMILES string of the molecule is CCC(c1cccc(-c2c(-c3ccc(C4CCNCC4)cc3)n[nH]c2-c2ccncc2)c1F)S(N)(=O)=O.Cl. The highest BCUT2D eigenvalue weighted by Crippen LogP contribution is 2.42. The van der Waals surface area contributed by atoms with Crippen molar-refractivity contribution in [3.05, 3.63) is 83.9 Å². The molecule has 0 radical (unpaired) electrons. The zero-order valence-electron chi connectivity index (χ0n) is 21.0. The first kappa shape index (κ1) is 27.9. The van der Waals surface area contributed by atoms with Crippen LogP contribution in [0.25, 0.3) is 33.6 Å². The Hall–Kier alpha value is -3.11. The molecule has 0 amide bonds. The third kappa shape index (κ3) is 5.51. The second-order valence-corrected chi connectivity index (χ2v) is 11.1. The fourth-order valence-electron chi connectivity index (χ4n) is 5.23. The van der Waals surface area contributed by atoms with Gasteiger partial charge in [-0.05, 0) is 56.0 Å². The number of H-pyrrole nitrogens is 1. The first-order valence-electron chi connectivity index (χ1n) is 12.5. The van der Waals surface area contributed by atoms with Crippen molar-refractivity contribution in [2.45, 2.75) is 37.4 Å².